The van der Waals surface area contributed by atoms with Gasteiger partial charge in [0.05, 0.1) is 6.07 Å². The van der Waals surface area contributed by atoms with Crippen molar-refractivity contribution in [1.82, 2.24) is 5.32 Å². The van der Waals surface area contributed by atoms with Crippen molar-refractivity contribution in [1.29, 1.82) is 5.26 Å². The zero-order valence-corrected chi connectivity index (χ0v) is 10.5. The van der Waals surface area contributed by atoms with Gasteiger partial charge in [0.2, 0.25) is 0 Å². The van der Waals surface area contributed by atoms with E-state index in [1.54, 1.807) is 0 Å². The summed E-state index contributed by atoms with van der Waals surface area (Å²) in [5.74, 6) is 1.00. The molecule has 0 saturated heterocycles. The molecule has 1 aromatic carbocycles. The van der Waals surface area contributed by atoms with E-state index >= 15 is 0 Å². The van der Waals surface area contributed by atoms with Crippen molar-refractivity contribution in [3.8, 4) is 6.07 Å². The van der Waals surface area contributed by atoms with Crippen molar-refractivity contribution >= 4 is 11.8 Å². The van der Waals surface area contributed by atoms with Gasteiger partial charge >= 0.3 is 0 Å². The van der Waals surface area contributed by atoms with Crippen LogP contribution < -0.4 is 5.32 Å². The molecule has 2 nitrogen and oxygen atoms in total. The van der Waals surface area contributed by atoms with E-state index < -0.39 is 5.54 Å². The molecule has 3 heteroatoms. The van der Waals surface area contributed by atoms with Crippen LogP contribution in [0.3, 0.4) is 0 Å². The molecular formula is C13H16N2S. The summed E-state index contributed by atoms with van der Waals surface area (Å²) in [4.78, 5) is 1.24. The van der Waals surface area contributed by atoms with Crippen LogP contribution in [-0.4, -0.2) is 11.8 Å². The number of fused-ring (bicyclic) bond motifs is 1. The number of nitrogens with zero attached hydrogens (tertiary/aromatic N) is 1. The summed E-state index contributed by atoms with van der Waals surface area (Å²) in [5, 5.41) is 12.9. The zero-order valence-electron chi connectivity index (χ0n) is 9.66. The molecule has 0 aromatic heterocycles. The molecule has 0 amide bonds. The van der Waals surface area contributed by atoms with Crippen LogP contribution in [0.2, 0.25) is 0 Å². The molecule has 1 unspecified atom stereocenters. The summed E-state index contributed by atoms with van der Waals surface area (Å²) in [6, 6.07) is 11.0. The van der Waals surface area contributed by atoms with E-state index in [2.05, 4.69) is 37.4 Å². The predicted octanol–water partition coefficient (Wildman–Crippen LogP) is 2.90. The minimum Gasteiger partial charge on any atom is -0.293 e. The van der Waals surface area contributed by atoms with E-state index in [4.69, 9.17) is 0 Å². The smallest absolute Gasteiger partial charge is 0.134 e. The lowest BCUT2D eigenvalue weighted by Crippen LogP contribution is -2.46. The van der Waals surface area contributed by atoms with Crippen LogP contribution in [-0.2, 0) is 5.54 Å². The molecule has 1 N–H and O–H groups in total. The third kappa shape index (κ3) is 1.95. The quantitative estimate of drug-likeness (QED) is 0.851. The first-order valence-corrected chi connectivity index (χ1v) is 6.58. The standard InChI is InChI=1S/C13H16N2S/c1-10(2)15-13(9-14)7-8-16-12-6-4-3-5-11(12)13/h3-6,10,15H,7-8H2,1-2H3. The van der Waals surface area contributed by atoms with Crippen LogP contribution in [0.25, 0.3) is 0 Å². The highest BCUT2D eigenvalue weighted by molar-refractivity contribution is 7.99. The molecule has 1 heterocycles. The normalized spacial score (nSPS) is 23.9. The van der Waals surface area contributed by atoms with E-state index in [0.717, 1.165) is 17.7 Å². The van der Waals surface area contributed by atoms with E-state index in [0.29, 0.717) is 6.04 Å². The molecule has 2 rings (SSSR count). The van der Waals surface area contributed by atoms with Gasteiger partial charge in [-0.15, -0.1) is 11.8 Å². The maximum Gasteiger partial charge on any atom is 0.134 e. The zero-order chi connectivity index (χ0) is 11.6. The predicted molar refractivity (Wildman–Crippen MR) is 67.3 cm³/mol. The molecule has 0 aliphatic carbocycles. The van der Waals surface area contributed by atoms with Gasteiger partial charge in [-0.3, -0.25) is 5.32 Å². The number of benzene rings is 1. The number of nitrogens with one attached hydrogen (secondary N) is 1. The van der Waals surface area contributed by atoms with E-state index in [1.165, 1.54) is 4.90 Å². The van der Waals surface area contributed by atoms with Crippen LogP contribution in [0.1, 0.15) is 25.8 Å². The van der Waals surface area contributed by atoms with E-state index in [-0.39, 0.29) is 0 Å². The van der Waals surface area contributed by atoms with Crippen LogP contribution in [0.15, 0.2) is 29.2 Å². The van der Waals surface area contributed by atoms with E-state index in [9.17, 15) is 5.26 Å². The van der Waals surface area contributed by atoms with Crippen LogP contribution >= 0.6 is 11.8 Å². The highest BCUT2D eigenvalue weighted by Gasteiger charge is 2.37. The number of rotatable bonds is 2. The highest BCUT2D eigenvalue weighted by atomic mass is 32.2. The maximum atomic E-state index is 9.52. The topological polar surface area (TPSA) is 35.8 Å². The Labute approximate surface area is 101 Å². The van der Waals surface area contributed by atoms with Gasteiger partial charge < -0.3 is 0 Å². The average Bonchev–Trinajstić information content (AvgIpc) is 2.29. The van der Waals surface area contributed by atoms with Crippen LogP contribution in [0.4, 0.5) is 0 Å². The number of thioether (sulfide) groups is 1. The Kier molecular flexibility index (Phi) is 3.22. The second-order valence-electron chi connectivity index (χ2n) is 4.41. The minimum atomic E-state index is -0.490. The fourth-order valence-corrected chi connectivity index (χ4v) is 3.39. The monoisotopic (exact) mass is 232 g/mol. The molecule has 0 radical (unpaired) electrons. The Balaban J connectivity index is 2.46. The Bertz CT molecular complexity index is 422. The molecule has 1 atom stereocenters. The van der Waals surface area contributed by atoms with Gasteiger partial charge in [-0.05, 0) is 26.3 Å². The second kappa shape index (κ2) is 4.48. The molecule has 16 heavy (non-hydrogen) atoms. The lowest BCUT2D eigenvalue weighted by atomic mass is 9.87. The molecular weight excluding hydrogens is 216 g/mol. The van der Waals surface area contributed by atoms with Crippen molar-refractivity contribution < 1.29 is 0 Å². The molecule has 0 spiro atoms. The van der Waals surface area contributed by atoms with Crippen LogP contribution in [0.5, 0.6) is 0 Å². The first kappa shape index (κ1) is 11.5. The van der Waals surface area contributed by atoms with Gasteiger partial charge in [0, 0.05) is 22.3 Å². The molecule has 1 aromatic rings. The average molecular weight is 232 g/mol. The van der Waals surface area contributed by atoms with Crippen LogP contribution in [0, 0.1) is 11.3 Å². The lowest BCUT2D eigenvalue weighted by Gasteiger charge is -2.35. The summed E-state index contributed by atoms with van der Waals surface area (Å²) in [6.45, 7) is 4.17. The van der Waals surface area contributed by atoms with Crippen molar-refractivity contribution in [2.45, 2.75) is 36.7 Å². The first-order valence-electron chi connectivity index (χ1n) is 5.59. The number of nitriles is 1. The molecule has 0 saturated carbocycles. The summed E-state index contributed by atoms with van der Waals surface area (Å²) in [6.07, 6.45) is 0.878. The Morgan fingerprint density at radius 3 is 2.88 bits per heavy atom. The third-order valence-electron chi connectivity index (χ3n) is 2.81. The lowest BCUT2D eigenvalue weighted by molar-refractivity contribution is 0.369. The molecule has 0 bridgehead atoms. The summed E-state index contributed by atoms with van der Waals surface area (Å²) in [5.41, 5.74) is 0.651. The Morgan fingerprint density at radius 1 is 1.44 bits per heavy atom. The van der Waals surface area contributed by atoms with Crippen molar-refractivity contribution in [3.63, 3.8) is 0 Å². The SMILES string of the molecule is CC(C)NC1(C#N)CCSc2ccccc21. The van der Waals surface area contributed by atoms with Gasteiger partial charge in [-0.2, -0.15) is 5.26 Å². The Hall–Kier alpha value is -0.980. The van der Waals surface area contributed by atoms with Crippen molar-refractivity contribution in [2.24, 2.45) is 0 Å². The number of hydrogen-bond acceptors (Lipinski definition) is 3. The van der Waals surface area contributed by atoms with Crippen molar-refractivity contribution in [3.05, 3.63) is 29.8 Å². The van der Waals surface area contributed by atoms with E-state index in [1.807, 2.05) is 23.9 Å². The molecule has 0 fully saturated rings. The van der Waals surface area contributed by atoms with Gasteiger partial charge in [0.25, 0.3) is 0 Å². The summed E-state index contributed by atoms with van der Waals surface area (Å²) < 4.78 is 0. The largest absolute Gasteiger partial charge is 0.293 e. The van der Waals surface area contributed by atoms with Gasteiger partial charge in [-0.25, -0.2) is 0 Å². The van der Waals surface area contributed by atoms with Gasteiger partial charge in [-0.1, -0.05) is 18.2 Å². The maximum absolute atomic E-state index is 9.52. The third-order valence-corrected chi connectivity index (χ3v) is 3.88. The second-order valence-corrected chi connectivity index (χ2v) is 5.55. The number of hydrogen-bond donors (Lipinski definition) is 1. The molecule has 1 aliphatic heterocycles. The highest BCUT2D eigenvalue weighted by Crippen LogP contribution is 2.39. The first-order chi connectivity index (χ1) is 7.68. The van der Waals surface area contributed by atoms with Gasteiger partial charge in [0.15, 0.2) is 0 Å². The summed E-state index contributed by atoms with van der Waals surface area (Å²) in [7, 11) is 0. The van der Waals surface area contributed by atoms with Crippen molar-refractivity contribution in [2.75, 3.05) is 5.75 Å². The fraction of sp³-hybridized carbons (Fsp3) is 0.462. The Morgan fingerprint density at radius 2 is 2.19 bits per heavy atom. The van der Waals surface area contributed by atoms with Gasteiger partial charge in [0.1, 0.15) is 5.54 Å². The molecule has 1 aliphatic rings. The fourth-order valence-electron chi connectivity index (χ4n) is 2.18. The molecule has 84 valence electrons. The summed E-state index contributed by atoms with van der Waals surface area (Å²) >= 11 is 1.84. The minimum absolute atomic E-state index is 0.316.